The molecule has 0 amide bonds. The van der Waals surface area contributed by atoms with E-state index in [2.05, 4.69) is 37.3 Å². The summed E-state index contributed by atoms with van der Waals surface area (Å²) in [5.41, 5.74) is 10.5. The summed E-state index contributed by atoms with van der Waals surface area (Å²) in [6.45, 7) is 2.14. The van der Waals surface area contributed by atoms with Gasteiger partial charge in [0, 0.05) is 5.69 Å². The van der Waals surface area contributed by atoms with Crippen LogP contribution in [0.2, 0.25) is 0 Å². The minimum atomic E-state index is 0.834. The predicted molar refractivity (Wildman–Crippen MR) is 64.8 cm³/mol. The Hall–Kier alpha value is -1.76. The van der Waals surface area contributed by atoms with Crippen LogP contribution in [0.4, 0.5) is 5.69 Å². The van der Waals surface area contributed by atoms with E-state index in [0.29, 0.717) is 0 Å². The molecule has 76 valence electrons. The lowest BCUT2D eigenvalue weighted by Gasteiger charge is -2.06. The Kier molecular flexibility index (Phi) is 2.72. The molecule has 0 atom stereocenters. The van der Waals surface area contributed by atoms with Crippen LogP contribution >= 0.6 is 0 Å². The van der Waals surface area contributed by atoms with E-state index < -0.39 is 0 Å². The van der Waals surface area contributed by atoms with Crippen LogP contribution in [0, 0.1) is 6.92 Å². The van der Waals surface area contributed by atoms with Crippen LogP contribution in [0.15, 0.2) is 48.5 Å². The number of rotatable bonds is 2. The number of nitrogens with two attached hydrogens (primary N) is 1. The summed E-state index contributed by atoms with van der Waals surface area (Å²) in [4.78, 5) is 0. The minimum Gasteiger partial charge on any atom is -0.399 e. The molecule has 0 aliphatic heterocycles. The SMILES string of the molecule is Cc1ccccc1Cc1cccc(N)c1. The predicted octanol–water partition coefficient (Wildman–Crippen LogP) is 3.17. The molecule has 1 nitrogen and oxygen atoms in total. The lowest BCUT2D eigenvalue weighted by atomic mass is 10.0. The quantitative estimate of drug-likeness (QED) is 0.735. The van der Waals surface area contributed by atoms with E-state index in [1.807, 2.05) is 18.2 Å². The highest BCUT2D eigenvalue weighted by molar-refractivity contribution is 5.42. The van der Waals surface area contributed by atoms with Gasteiger partial charge in [-0.25, -0.2) is 0 Å². The molecule has 0 bridgehead atoms. The Labute approximate surface area is 90.6 Å². The molecule has 0 unspecified atom stereocenters. The normalized spacial score (nSPS) is 10.2. The largest absolute Gasteiger partial charge is 0.399 e. The molecule has 0 heterocycles. The average Bonchev–Trinajstić information content (AvgIpc) is 2.22. The van der Waals surface area contributed by atoms with Crippen molar-refractivity contribution in [3.63, 3.8) is 0 Å². The van der Waals surface area contributed by atoms with Crippen LogP contribution in [0.3, 0.4) is 0 Å². The molecular weight excluding hydrogens is 182 g/mol. The van der Waals surface area contributed by atoms with Crippen molar-refractivity contribution in [2.45, 2.75) is 13.3 Å². The van der Waals surface area contributed by atoms with Gasteiger partial charge in [0.1, 0.15) is 0 Å². The van der Waals surface area contributed by atoms with Gasteiger partial charge in [-0.2, -0.15) is 0 Å². The molecule has 2 aromatic rings. The van der Waals surface area contributed by atoms with Gasteiger partial charge < -0.3 is 5.73 Å². The molecule has 0 aliphatic rings. The summed E-state index contributed by atoms with van der Waals surface area (Å²) in [6, 6.07) is 16.5. The van der Waals surface area contributed by atoms with Crippen LogP contribution in [-0.2, 0) is 6.42 Å². The highest BCUT2D eigenvalue weighted by Gasteiger charge is 1.99. The number of anilines is 1. The van der Waals surface area contributed by atoms with Crippen molar-refractivity contribution >= 4 is 5.69 Å². The highest BCUT2D eigenvalue weighted by Crippen LogP contribution is 2.15. The smallest absolute Gasteiger partial charge is 0.0316 e. The maximum Gasteiger partial charge on any atom is 0.0316 e. The molecule has 0 fully saturated rings. The summed E-state index contributed by atoms with van der Waals surface area (Å²) in [7, 11) is 0. The van der Waals surface area contributed by atoms with Gasteiger partial charge in [0.2, 0.25) is 0 Å². The van der Waals surface area contributed by atoms with E-state index in [1.54, 1.807) is 0 Å². The van der Waals surface area contributed by atoms with Gasteiger partial charge >= 0.3 is 0 Å². The van der Waals surface area contributed by atoms with Crippen molar-refractivity contribution in [3.05, 3.63) is 65.2 Å². The Bertz CT molecular complexity index is 460. The third-order valence-corrected chi connectivity index (χ3v) is 2.61. The molecule has 0 spiro atoms. The van der Waals surface area contributed by atoms with Gasteiger partial charge in [-0.3, -0.25) is 0 Å². The van der Waals surface area contributed by atoms with Gasteiger partial charge in [-0.1, -0.05) is 36.4 Å². The summed E-state index contributed by atoms with van der Waals surface area (Å²) in [5, 5.41) is 0. The van der Waals surface area contributed by atoms with E-state index in [0.717, 1.165) is 12.1 Å². The second-order valence-corrected chi connectivity index (χ2v) is 3.85. The van der Waals surface area contributed by atoms with Gasteiger partial charge in [0.15, 0.2) is 0 Å². The van der Waals surface area contributed by atoms with Crippen LogP contribution < -0.4 is 5.73 Å². The third-order valence-electron chi connectivity index (χ3n) is 2.61. The summed E-state index contributed by atoms with van der Waals surface area (Å²) < 4.78 is 0. The standard InChI is InChI=1S/C14H15N/c1-11-5-2-3-7-13(11)9-12-6-4-8-14(15)10-12/h2-8,10H,9,15H2,1H3. The molecule has 0 aromatic heterocycles. The molecule has 2 aromatic carbocycles. The topological polar surface area (TPSA) is 26.0 Å². The molecular formula is C14H15N. The first kappa shape index (κ1) is 9.78. The minimum absolute atomic E-state index is 0.834. The fraction of sp³-hybridized carbons (Fsp3) is 0.143. The van der Waals surface area contributed by atoms with E-state index in [9.17, 15) is 0 Å². The van der Waals surface area contributed by atoms with Crippen molar-refractivity contribution in [2.24, 2.45) is 0 Å². The van der Waals surface area contributed by atoms with Crippen LogP contribution in [0.1, 0.15) is 16.7 Å². The van der Waals surface area contributed by atoms with E-state index >= 15 is 0 Å². The molecule has 0 saturated heterocycles. The Morgan fingerprint density at radius 1 is 1.00 bits per heavy atom. The van der Waals surface area contributed by atoms with E-state index in [1.165, 1.54) is 16.7 Å². The van der Waals surface area contributed by atoms with Crippen molar-refractivity contribution in [1.29, 1.82) is 0 Å². The number of aryl methyl sites for hydroxylation is 1. The first-order chi connectivity index (χ1) is 7.25. The summed E-state index contributed by atoms with van der Waals surface area (Å²) >= 11 is 0. The zero-order chi connectivity index (χ0) is 10.7. The first-order valence-corrected chi connectivity index (χ1v) is 5.14. The zero-order valence-electron chi connectivity index (χ0n) is 8.90. The van der Waals surface area contributed by atoms with Crippen molar-refractivity contribution in [2.75, 3.05) is 5.73 Å². The molecule has 2 rings (SSSR count). The second kappa shape index (κ2) is 4.18. The van der Waals surface area contributed by atoms with Gasteiger partial charge in [-0.15, -0.1) is 0 Å². The van der Waals surface area contributed by atoms with Crippen LogP contribution in [0.5, 0.6) is 0 Å². The van der Waals surface area contributed by atoms with Crippen LogP contribution in [-0.4, -0.2) is 0 Å². The highest BCUT2D eigenvalue weighted by atomic mass is 14.5. The number of benzene rings is 2. The summed E-state index contributed by atoms with van der Waals surface area (Å²) in [6.07, 6.45) is 0.956. The lowest BCUT2D eigenvalue weighted by Crippen LogP contribution is -1.93. The lowest BCUT2D eigenvalue weighted by molar-refractivity contribution is 1.16. The number of hydrogen-bond acceptors (Lipinski definition) is 1. The van der Waals surface area contributed by atoms with Gasteiger partial charge in [0.25, 0.3) is 0 Å². The van der Waals surface area contributed by atoms with Gasteiger partial charge in [-0.05, 0) is 42.2 Å². The molecule has 0 radical (unpaired) electrons. The molecule has 0 saturated carbocycles. The van der Waals surface area contributed by atoms with E-state index in [-0.39, 0.29) is 0 Å². The number of nitrogen functional groups attached to an aromatic ring is 1. The Morgan fingerprint density at radius 2 is 1.80 bits per heavy atom. The molecule has 1 heteroatoms. The molecule has 15 heavy (non-hydrogen) atoms. The Morgan fingerprint density at radius 3 is 2.53 bits per heavy atom. The molecule has 2 N–H and O–H groups in total. The van der Waals surface area contributed by atoms with Gasteiger partial charge in [0.05, 0.1) is 0 Å². The maximum atomic E-state index is 5.75. The zero-order valence-corrected chi connectivity index (χ0v) is 8.90. The fourth-order valence-electron chi connectivity index (χ4n) is 1.73. The molecule has 0 aliphatic carbocycles. The summed E-state index contributed by atoms with van der Waals surface area (Å²) in [5.74, 6) is 0. The Balaban J connectivity index is 2.26. The fourth-order valence-corrected chi connectivity index (χ4v) is 1.73. The van der Waals surface area contributed by atoms with Crippen molar-refractivity contribution < 1.29 is 0 Å². The van der Waals surface area contributed by atoms with Crippen molar-refractivity contribution in [3.8, 4) is 0 Å². The second-order valence-electron chi connectivity index (χ2n) is 3.85. The van der Waals surface area contributed by atoms with Crippen molar-refractivity contribution in [1.82, 2.24) is 0 Å². The maximum absolute atomic E-state index is 5.75. The first-order valence-electron chi connectivity index (χ1n) is 5.14. The van der Waals surface area contributed by atoms with E-state index in [4.69, 9.17) is 5.73 Å². The average molecular weight is 197 g/mol. The van der Waals surface area contributed by atoms with Crippen LogP contribution in [0.25, 0.3) is 0 Å². The number of hydrogen-bond donors (Lipinski definition) is 1. The third kappa shape index (κ3) is 2.38. The monoisotopic (exact) mass is 197 g/mol.